The van der Waals surface area contributed by atoms with Crippen molar-refractivity contribution in [3.63, 3.8) is 0 Å². The molecule has 0 aliphatic rings. The molecule has 0 radical (unpaired) electrons. The average Bonchev–Trinajstić information content (AvgIpc) is 2.65. The monoisotopic (exact) mass is 268 g/mol. The van der Waals surface area contributed by atoms with Gasteiger partial charge in [0.25, 0.3) is 0 Å². The van der Waals surface area contributed by atoms with E-state index in [-0.39, 0.29) is 0 Å². The van der Waals surface area contributed by atoms with E-state index >= 15 is 0 Å². The smallest absolute Gasteiger partial charge is 0.137 e. The molecule has 0 spiro atoms. The van der Waals surface area contributed by atoms with Gasteiger partial charge in [0.15, 0.2) is 3.92 Å². The summed E-state index contributed by atoms with van der Waals surface area (Å²) >= 11 is 4.89. The molecule has 0 saturated heterocycles. The van der Waals surface area contributed by atoms with Crippen molar-refractivity contribution in [2.24, 2.45) is 0 Å². The van der Waals surface area contributed by atoms with Crippen LogP contribution in [-0.2, 0) is 6.42 Å². The molecule has 72 valence electrons. The fourth-order valence-corrected chi connectivity index (χ4v) is 2.52. The van der Waals surface area contributed by atoms with Gasteiger partial charge in [0, 0.05) is 5.56 Å². The number of hydrogen-bond acceptors (Lipinski definition) is 3. The lowest BCUT2D eigenvalue weighted by molar-refractivity contribution is 1.07. The van der Waals surface area contributed by atoms with Crippen molar-refractivity contribution in [1.29, 1.82) is 0 Å². The molecule has 0 atom stereocenters. The van der Waals surface area contributed by atoms with Crippen molar-refractivity contribution < 1.29 is 0 Å². The van der Waals surface area contributed by atoms with Gasteiger partial charge in [0.05, 0.1) is 0 Å². The molecule has 4 heteroatoms. The van der Waals surface area contributed by atoms with Gasteiger partial charge in [-0.3, -0.25) is 0 Å². The van der Waals surface area contributed by atoms with E-state index in [1.54, 1.807) is 11.3 Å². The first-order valence-corrected chi connectivity index (χ1v) is 5.99. The molecule has 0 aliphatic heterocycles. The summed E-state index contributed by atoms with van der Waals surface area (Å²) < 4.78 is 0.832. The van der Waals surface area contributed by atoms with Crippen LogP contribution in [0, 0.1) is 0 Å². The van der Waals surface area contributed by atoms with E-state index in [0.717, 1.165) is 15.3 Å². The Balaban J connectivity index is 2.50. The first kappa shape index (κ1) is 9.80. The lowest BCUT2D eigenvalue weighted by atomic mass is 10.1. The lowest BCUT2D eigenvalue weighted by Crippen LogP contribution is -1.85. The number of aryl methyl sites for hydroxylation is 1. The van der Waals surface area contributed by atoms with Crippen molar-refractivity contribution in [2.75, 3.05) is 0 Å². The highest BCUT2D eigenvalue weighted by atomic mass is 79.9. The summed E-state index contributed by atoms with van der Waals surface area (Å²) in [5, 5.41) is 9.05. The van der Waals surface area contributed by atoms with Gasteiger partial charge in [-0.25, -0.2) is 0 Å². The predicted molar refractivity (Wildman–Crippen MR) is 62.4 cm³/mol. The molecule has 0 bridgehead atoms. The van der Waals surface area contributed by atoms with E-state index in [4.69, 9.17) is 0 Å². The van der Waals surface area contributed by atoms with Gasteiger partial charge in [-0.1, -0.05) is 42.5 Å². The summed E-state index contributed by atoms with van der Waals surface area (Å²) in [6.45, 7) is 2.15. The van der Waals surface area contributed by atoms with Gasteiger partial charge in [-0.05, 0) is 27.9 Å². The van der Waals surface area contributed by atoms with Crippen LogP contribution in [0.4, 0.5) is 0 Å². The summed E-state index contributed by atoms with van der Waals surface area (Å²) in [5.41, 5.74) is 2.51. The van der Waals surface area contributed by atoms with E-state index < -0.39 is 0 Å². The molecule has 2 rings (SSSR count). The van der Waals surface area contributed by atoms with Crippen LogP contribution < -0.4 is 0 Å². The summed E-state index contributed by atoms with van der Waals surface area (Å²) in [5.74, 6) is 0. The molecule has 14 heavy (non-hydrogen) atoms. The Kier molecular flexibility index (Phi) is 2.93. The van der Waals surface area contributed by atoms with Crippen LogP contribution in [0.5, 0.6) is 0 Å². The highest BCUT2D eigenvalue weighted by molar-refractivity contribution is 9.11. The van der Waals surface area contributed by atoms with E-state index in [1.165, 1.54) is 11.1 Å². The van der Waals surface area contributed by atoms with Gasteiger partial charge in [-0.2, -0.15) is 0 Å². The van der Waals surface area contributed by atoms with E-state index in [9.17, 15) is 0 Å². The Bertz CT molecular complexity index is 439. The standard InChI is InChI=1S/C10H9BrN2S/c1-2-7-5-3-4-6-8(7)9-12-13-10(11)14-9/h3-6H,2H2,1H3. The summed E-state index contributed by atoms with van der Waals surface area (Å²) in [4.78, 5) is 0. The molecule has 0 amide bonds. The lowest BCUT2D eigenvalue weighted by Gasteiger charge is -2.02. The number of hydrogen-bond donors (Lipinski definition) is 0. The van der Waals surface area contributed by atoms with Gasteiger partial charge in [-0.15, -0.1) is 10.2 Å². The zero-order valence-electron chi connectivity index (χ0n) is 7.70. The molecule has 0 saturated carbocycles. The Morgan fingerprint density at radius 3 is 2.71 bits per heavy atom. The third kappa shape index (κ3) is 1.86. The molecule has 0 aliphatic carbocycles. The Hall–Kier alpha value is -0.740. The Morgan fingerprint density at radius 2 is 2.07 bits per heavy atom. The Labute approximate surface area is 95.1 Å². The van der Waals surface area contributed by atoms with Crippen molar-refractivity contribution in [3.8, 4) is 10.6 Å². The molecule has 1 heterocycles. The molecule has 0 N–H and O–H groups in total. The number of nitrogens with zero attached hydrogens (tertiary/aromatic N) is 2. The van der Waals surface area contributed by atoms with Crippen molar-refractivity contribution in [2.45, 2.75) is 13.3 Å². The molecule has 2 nitrogen and oxygen atoms in total. The maximum atomic E-state index is 4.12. The number of rotatable bonds is 2. The maximum Gasteiger partial charge on any atom is 0.183 e. The minimum absolute atomic E-state index is 0.832. The minimum Gasteiger partial charge on any atom is -0.137 e. The van der Waals surface area contributed by atoms with Gasteiger partial charge >= 0.3 is 0 Å². The second-order valence-electron chi connectivity index (χ2n) is 2.87. The van der Waals surface area contributed by atoms with Gasteiger partial charge < -0.3 is 0 Å². The predicted octanol–water partition coefficient (Wildman–Crippen LogP) is 3.53. The van der Waals surface area contributed by atoms with E-state index in [2.05, 4.69) is 51.3 Å². The van der Waals surface area contributed by atoms with Crippen LogP contribution in [-0.4, -0.2) is 10.2 Å². The highest BCUT2D eigenvalue weighted by Gasteiger charge is 2.07. The first-order valence-electron chi connectivity index (χ1n) is 4.38. The molecular weight excluding hydrogens is 260 g/mol. The second kappa shape index (κ2) is 4.19. The van der Waals surface area contributed by atoms with Crippen LogP contribution in [0.2, 0.25) is 0 Å². The van der Waals surface area contributed by atoms with Crippen molar-refractivity contribution in [1.82, 2.24) is 10.2 Å². The highest BCUT2D eigenvalue weighted by Crippen LogP contribution is 2.29. The molecule has 2 aromatic rings. The fourth-order valence-electron chi connectivity index (χ4n) is 1.35. The van der Waals surface area contributed by atoms with Crippen molar-refractivity contribution in [3.05, 3.63) is 33.7 Å². The van der Waals surface area contributed by atoms with E-state index in [0.29, 0.717) is 0 Å². The van der Waals surface area contributed by atoms with Crippen LogP contribution >= 0.6 is 27.3 Å². The van der Waals surface area contributed by atoms with Crippen LogP contribution in [0.25, 0.3) is 10.6 Å². The van der Waals surface area contributed by atoms with Crippen molar-refractivity contribution >= 4 is 27.3 Å². The molecule has 0 unspecified atom stereocenters. The normalized spacial score (nSPS) is 10.4. The third-order valence-electron chi connectivity index (χ3n) is 2.03. The van der Waals surface area contributed by atoms with Crippen LogP contribution in [0.15, 0.2) is 28.2 Å². The Morgan fingerprint density at radius 1 is 1.29 bits per heavy atom. The largest absolute Gasteiger partial charge is 0.183 e. The van der Waals surface area contributed by atoms with Crippen LogP contribution in [0.3, 0.4) is 0 Å². The van der Waals surface area contributed by atoms with Gasteiger partial charge in [0.2, 0.25) is 0 Å². The summed E-state index contributed by atoms with van der Waals surface area (Å²) in [6.07, 6.45) is 1.02. The third-order valence-corrected chi connectivity index (χ3v) is 3.42. The average molecular weight is 269 g/mol. The maximum absolute atomic E-state index is 4.12. The zero-order valence-corrected chi connectivity index (χ0v) is 10.1. The fraction of sp³-hybridized carbons (Fsp3) is 0.200. The first-order chi connectivity index (χ1) is 6.81. The number of benzene rings is 1. The molecule has 1 aromatic carbocycles. The minimum atomic E-state index is 0.832. The summed E-state index contributed by atoms with van der Waals surface area (Å²) in [6, 6.07) is 8.30. The number of aromatic nitrogens is 2. The van der Waals surface area contributed by atoms with E-state index in [1.807, 2.05) is 6.07 Å². The molecule has 1 aromatic heterocycles. The second-order valence-corrected chi connectivity index (χ2v) is 5.12. The SMILES string of the molecule is CCc1ccccc1-c1nnc(Br)s1. The topological polar surface area (TPSA) is 25.8 Å². The van der Waals surface area contributed by atoms with Crippen LogP contribution in [0.1, 0.15) is 12.5 Å². The summed E-state index contributed by atoms with van der Waals surface area (Å²) in [7, 11) is 0. The molecule has 0 fully saturated rings. The quantitative estimate of drug-likeness (QED) is 0.833. The number of halogens is 1. The molecular formula is C10H9BrN2S. The van der Waals surface area contributed by atoms with Gasteiger partial charge in [0.1, 0.15) is 5.01 Å². The zero-order chi connectivity index (χ0) is 9.97.